The third kappa shape index (κ3) is 4.92. The first-order valence-corrected chi connectivity index (χ1v) is 12.6. The highest BCUT2D eigenvalue weighted by Gasteiger charge is 2.41. The SMILES string of the molecule is Cl.c1ccc(C(CCCN2CCCCC23CCc2ccsc2C3)c2ccccc2)cc1. The van der Waals surface area contributed by atoms with Crippen LogP contribution in [0.15, 0.2) is 72.1 Å². The smallest absolute Gasteiger partial charge is 0.0261 e. The van der Waals surface area contributed by atoms with Gasteiger partial charge in [-0.2, -0.15) is 0 Å². The molecule has 1 unspecified atom stereocenters. The van der Waals surface area contributed by atoms with Crippen molar-refractivity contribution in [3.63, 3.8) is 0 Å². The van der Waals surface area contributed by atoms with Crippen molar-refractivity contribution in [1.29, 1.82) is 0 Å². The summed E-state index contributed by atoms with van der Waals surface area (Å²) in [7, 11) is 0. The molecule has 1 saturated heterocycles. The monoisotopic (exact) mass is 451 g/mol. The molecule has 5 rings (SSSR count). The van der Waals surface area contributed by atoms with Gasteiger partial charge in [-0.25, -0.2) is 0 Å². The Kier molecular flexibility index (Phi) is 7.53. The van der Waals surface area contributed by atoms with Crippen LogP contribution in [-0.4, -0.2) is 23.5 Å². The summed E-state index contributed by atoms with van der Waals surface area (Å²) in [6.45, 7) is 2.54. The Morgan fingerprint density at radius 1 is 0.871 bits per heavy atom. The zero-order valence-corrected chi connectivity index (χ0v) is 20.0. The number of hydrogen-bond donors (Lipinski definition) is 0. The zero-order chi connectivity index (χ0) is 20.2. The van der Waals surface area contributed by atoms with Crippen molar-refractivity contribution in [1.82, 2.24) is 4.90 Å². The lowest BCUT2D eigenvalue weighted by molar-refractivity contribution is 0.0332. The number of aryl methyl sites for hydroxylation is 1. The van der Waals surface area contributed by atoms with Crippen molar-refractivity contribution < 1.29 is 0 Å². The third-order valence-corrected chi connectivity index (χ3v) is 8.47. The van der Waals surface area contributed by atoms with E-state index in [1.165, 1.54) is 75.6 Å². The molecule has 1 nitrogen and oxygen atoms in total. The summed E-state index contributed by atoms with van der Waals surface area (Å²) in [4.78, 5) is 4.56. The molecule has 1 spiro atoms. The van der Waals surface area contributed by atoms with Crippen molar-refractivity contribution in [3.05, 3.63) is 93.7 Å². The molecule has 3 aromatic rings. The predicted octanol–water partition coefficient (Wildman–Crippen LogP) is 7.50. The first-order valence-electron chi connectivity index (χ1n) is 11.7. The lowest BCUT2D eigenvalue weighted by Gasteiger charge is -2.49. The number of piperidine rings is 1. The van der Waals surface area contributed by atoms with Crippen molar-refractivity contribution in [2.75, 3.05) is 13.1 Å². The van der Waals surface area contributed by atoms with Gasteiger partial charge in [0.1, 0.15) is 0 Å². The number of benzene rings is 2. The van der Waals surface area contributed by atoms with Crippen molar-refractivity contribution in [2.24, 2.45) is 0 Å². The molecule has 1 atom stereocenters. The molecule has 2 aromatic carbocycles. The van der Waals surface area contributed by atoms with Crippen molar-refractivity contribution in [3.8, 4) is 0 Å². The van der Waals surface area contributed by atoms with Crippen LogP contribution in [-0.2, 0) is 12.8 Å². The van der Waals surface area contributed by atoms with E-state index < -0.39 is 0 Å². The minimum Gasteiger partial charge on any atom is -0.297 e. The van der Waals surface area contributed by atoms with Crippen LogP contribution < -0.4 is 0 Å². The molecule has 1 aliphatic carbocycles. The van der Waals surface area contributed by atoms with Crippen LogP contribution in [0.4, 0.5) is 0 Å². The Balaban J connectivity index is 0.00000231. The Hall–Kier alpha value is -1.61. The molecule has 0 saturated carbocycles. The highest BCUT2D eigenvalue weighted by atomic mass is 35.5. The van der Waals surface area contributed by atoms with Gasteiger partial charge >= 0.3 is 0 Å². The Bertz CT molecular complexity index is 898. The van der Waals surface area contributed by atoms with Crippen LogP contribution >= 0.6 is 23.7 Å². The quantitative estimate of drug-likeness (QED) is 0.375. The molecule has 0 amide bonds. The maximum atomic E-state index is 2.90. The number of likely N-dealkylation sites (tertiary alicyclic amines) is 1. The second kappa shape index (κ2) is 10.3. The Labute approximate surface area is 197 Å². The first-order chi connectivity index (χ1) is 14.8. The number of hydrogen-bond acceptors (Lipinski definition) is 2. The van der Waals surface area contributed by atoms with Gasteiger partial charge < -0.3 is 0 Å². The second-order valence-electron chi connectivity index (χ2n) is 9.23. The maximum absolute atomic E-state index is 2.90. The largest absolute Gasteiger partial charge is 0.297 e. The fraction of sp³-hybridized carbons (Fsp3) is 0.429. The summed E-state index contributed by atoms with van der Waals surface area (Å²) in [5.41, 5.74) is 4.98. The maximum Gasteiger partial charge on any atom is 0.0261 e. The Morgan fingerprint density at radius 2 is 1.58 bits per heavy atom. The molecule has 31 heavy (non-hydrogen) atoms. The van der Waals surface area contributed by atoms with E-state index in [1.54, 1.807) is 10.4 Å². The fourth-order valence-electron chi connectivity index (χ4n) is 5.87. The Morgan fingerprint density at radius 3 is 2.29 bits per heavy atom. The van der Waals surface area contributed by atoms with Gasteiger partial charge in [0.2, 0.25) is 0 Å². The standard InChI is InChI=1S/C28H33NS.ClH/c1-3-10-23(11-4-1)26(24-12-5-2-6-13-24)14-9-20-29-19-8-7-17-28(29)18-15-25-16-21-30-27(25)22-28;/h1-6,10-13,16,21,26H,7-9,14-15,17-20,22H2;1H. The van der Waals surface area contributed by atoms with Crippen LogP contribution in [0.2, 0.25) is 0 Å². The van der Waals surface area contributed by atoms with Gasteiger partial charge in [-0.3, -0.25) is 4.90 Å². The number of thiophene rings is 1. The molecule has 164 valence electrons. The molecular weight excluding hydrogens is 418 g/mol. The van der Waals surface area contributed by atoms with E-state index in [1.807, 2.05) is 11.3 Å². The van der Waals surface area contributed by atoms with E-state index in [0.29, 0.717) is 11.5 Å². The predicted molar refractivity (Wildman–Crippen MR) is 136 cm³/mol. The van der Waals surface area contributed by atoms with Gasteiger partial charge in [-0.05, 0) is 79.8 Å². The molecule has 2 aliphatic rings. The van der Waals surface area contributed by atoms with Gasteiger partial charge in [-0.15, -0.1) is 23.7 Å². The average Bonchev–Trinajstić information content (AvgIpc) is 3.27. The minimum atomic E-state index is 0. The van der Waals surface area contributed by atoms with E-state index in [4.69, 9.17) is 0 Å². The number of halogens is 1. The zero-order valence-electron chi connectivity index (χ0n) is 18.3. The summed E-state index contributed by atoms with van der Waals surface area (Å²) in [6.07, 6.45) is 10.6. The van der Waals surface area contributed by atoms with E-state index in [0.717, 1.165) is 0 Å². The molecule has 0 radical (unpaired) electrons. The van der Waals surface area contributed by atoms with Crippen LogP contribution in [0.25, 0.3) is 0 Å². The number of nitrogens with zero attached hydrogens (tertiary/aromatic N) is 1. The lowest BCUT2D eigenvalue weighted by atomic mass is 9.74. The van der Waals surface area contributed by atoms with Gasteiger partial charge in [-0.1, -0.05) is 67.1 Å². The van der Waals surface area contributed by atoms with Gasteiger partial charge in [0.25, 0.3) is 0 Å². The minimum absolute atomic E-state index is 0. The van der Waals surface area contributed by atoms with Crippen molar-refractivity contribution >= 4 is 23.7 Å². The highest BCUT2D eigenvalue weighted by molar-refractivity contribution is 7.10. The van der Waals surface area contributed by atoms with Gasteiger partial charge in [0, 0.05) is 22.8 Å². The number of fused-ring (bicyclic) bond motifs is 1. The summed E-state index contributed by atoms with van der Waals surface area (Å²) in [5, 5.41) is 2.31. The molecular formula is C28H34ClNS. The van der Waals surface area contributed by atoms with Gasteiger partial charge in [0.05, 0.1) is 0 Å². The molecule has 1 aromatic heterocycles. The first kappa shape index (κ1) is 22.6. The average molecular weight is 452 g/mol. The van der Waals surface area contributed by atoms with Crippen LogP contribution in [0, 0.1) is 0 Å². The third-order valence-electron chi connectivity index (χ3n) is 7.50. The summed E-state index contributed by atoms with van der Waals surface area (Å²) in [5.74, 6) is 0.503. The molecule has 3 heteroatoms. The topological polar surface area (TPSA) is 3.24 Å². The number of rotatable bonds is 6. The van der Waals surface area contributed by atoms with Crippen LogP contribution in [0.1, 0.15) is 66.0 Å². The van der Waals surface area contributed by atoms with Crippen LogP contribution in [0.5, 0.6) is 0 Å². The second-order valence-corrected chi connectivity index (χ2v) is 10.2. The lowest BCUT2D eigenvalue weighted by Crippen LogP contribution is -2.55. The fourth-order valence-corrected chi connectivity index (χ4v) is 6.94. The van der Waals surface area contributed by atoms with E-state index in [-0.39, 0.29) is 12.4 Å². The summed E-state index contributed by atoms with van der Waals surface area (Å²) < 4.78 is 0. The van der Waals surface area contributed by atoms with Gasteiger partial charge in [0.15, 0.2) is 0 Å². The van der Waals surface area contributed by atoms with E-state index >= 15 is 0 Å². The molecule has 1 fully saturated rings. The molecule has 0 N–H and O–H groups in total. The van der Waals surface area contributed by atoms with Crippen LogP contribution in [0.3, 0.4) is 0 Å². The summed E-state index contributed by atoms with van der Waals surface area (Å²) >= 11 is 1.99. The summed E-state index contributed by atoms with van der Waals surface area (Å²) in [6, 6.07) is 24.6. The molecule has 0 bridgehead atoms. The van der Waals surface area contributed by atoms with E-state index in [2.05, 4.69) is 77.0 Å². The van der Waals surface area contributed by atoms with E-state index in [9.17, 15) is 0 Å². The molecule has 1 aliphatic heterocycles. The van der Waals surface area contributed by atoms with Crippen molar-refractivity contribution in [2.45, 2.75) is 62.8 Å². The molecule has 2 heterocycles. The highest BCUT2D eigenvalue weighted by Crippen LogP contribution is 2.42. The normalized spacial score (nSPS) is 21.1.